The third-order valence-electron chi connectivity index (χ3n) is 2.85. The summed E-state index contributed by atoms with van der Waals surface area (Å²) >= 11 is 0. The zero-order chi connectivity index (χ0) is 11.0. The smallest absolute Gasteiger partial charge is 0.174 e. The van der Waals surface area contributed by atoms with Crippen molar-refractivity contribution in [2.24, 2.45) is 5.92 Å². The molecule has 0 aliphatic heterocycles. The summed E-state index contributed by atoms with van der Waals surface area (Å²) in [5.74, 6) is -1.36. The van der Waals surface area contributed by atoms with E-state index < -0.39 is 5.92 Å². The second-order valence-corrected chi connectivity index (χ2v) is 3.71. The predicted molar refractivity (Wildman–Crippen MR) is 53.2 cm³/mol. The molecule has 78 valence electrons. The molecule has 0 fully saturated rings. The number of ketones is 2. The van der Waals surface area contributed by atoms with E-state index in [1.807, 2.05) is 0 Å². The Bertz CT molecular complexity index is 437. The van der Waals surface area contributed by atoms with Crippen molar-refractivity contribution < 1.29 is 14.0 Å². The van der Waals surface area contributed by atoms with E-state index in [9.17, 15) is 14.0 Å². The van der Waals surface area contributed by atoms with E-state index >= 15 is 0 Å². The summed E-state index contributed by atoms with van der Waals surface area (Å²) in [5.41, 5.74) is 0.774. The van der Waals surface area contributed by atoms with Gasteiger partial charge in [-0.1, -0.05) is 19.1 Å². The molecular weight excluding hydrogens is 195 g/mol. The van der Waals surface area contributed by atoms with Gasteiger partial charge in [0.25, 0.3) is 0 Å². The molecule has 1 unspecified atom stereocenters. The van der Waals surface area contributed by atoms with Crippen LogP contribution in [-0.2, 0) is 11.2 Å². The average molecular weight is 206 g/mol. The van der Waals surface area contributed by atoms with Gasteiger partial charge in [0, 0.05) is 12.0 Å². The van der Waals surface area contributed by atoms with E-state index in [-0.39, 0.29) is 23.8 Å². The minimum atomic E-state index is -0.651. The first kappa shape index (κ1) is 10.0. The molecule has 3 heteroatoms. The molecule has 1 aliphatic rings. The molecule has 0 heterocycles. The molecule has 1 aromatic rings. The van der Waals surface area contributed by atoms with Crippen LogP contribution in [0.1, 0.15) is 29.3 Å². The van der Waals surface area contributed by atoms with Crippen molar-refractivity contribution in [3.63, 3.8) is 0 Å². The maximum Gasteiger partial charge on any atom is 0.174 e. The van der Waals surface area contributed by atoms with Gasteiger partial charge in [0.15, 0.2) is 5.78 Å². The summed E-state index contributed by atoms with van der Waals surface area (Å²) in [6, 6.07) is 4.42. The highest BCUT2D eigenvalue weighted by atomic mass is 19.1. The summed E-state index contributed by atoms with van der Waals surface area (Å²) in [7, 11) is 0. The Morgan fingerprint density at radius 3 is 2.87 bits per heavy atom. The minimum absolute atomic E-state index is 0.101. The first-order valence-electron chi connectivity index (χ1n) is 4.99. The number of Topliss-reactive ketones (excluding diaryl/α,β-unsaturated/α-hetero) is 2. The van der Waals surface area contributed by atoms with Crippen molar-refractivity contribution in [3.05, 3.63) is 35.1 Å². The van der Waals surface area contributed by atoms with Crippen LogP contribution in [0.15, 0.2) is 18.2 Å². The van der Waals surface area contributed by atoms with Crippen molar-refractivity contribution in [3.8, 4) is 0 Å². The van der Waals surface area contributed by atoms with Crippen molar-refractivity contribution in [2.75, 3.05) is 0 Å². The van der Waals surface area contributed by atoms with Gasteiger partial charge in [-0.25, -0.2) is 4.39 Å². The lowest BCUT2D eigenvalue weighted by molar-refractivity contribution is -0.121. The Morgan fingerprint density at radius 2 is 2.27 bits per heavy atom. The van der Waals surface area contributed by atoms with Crippen LogP contribution in [0.4, 0.5) is 4.39 Å². The number of rotatable bonds is 2. The van der Waals surface area contributed by atoms with Gasteiger partial charge >= 0.3 is 0 Å². The third kappa shape index (κ3) is 1.48. The molecule has 1 aromatic carbocycles. The normalized spacial score (nSPS) is 19.1. The number of halogens is 1. The first-order chi connectivity index (χ1) is 7.15. The highest BCUT2D eigenvalue weighted by Gasteiger charge is 2.35. The predicted octanol–water partition coefficient (Wildman–Crippen LogP) is 2.16. The average Bonchev–Trinajstić information content (AvgIpc) is 2.57. The fourth-order valence-electron chi connectivity index (χ4n) is 1.99. The fourth-order valence-corrected chi connectivity index (χ4v) is 1.99. The van der Waals surface area contributed by atoms with Crippen molar-refractivity contribution in [2.45, 2.75) is 19.8 Å². The maximum atomic E-state index is 13.3. The molecule has 15 heavy (non-hydrogen) atoms. The second-order valence-electron chi connectivity index (χ2n) is 3.71. The number of hydrogen-bond donors (Lipinski definition) is 0. The fraction of sp³-hybridized carbons (Fsp3) is 0.333. The molecular formula is C12H11FO2. The quantitative estimate of drug-likeness (QED) is 0.695. The zero-order valence-corrected chi connectivity index (χ0v) is 8.42. The molecule has 0 bridgehead atoms. The Hall–Kier alpha value is -1.51. The molecule has 2 rings (SSSR count). The van der Waals surface area contributed by atoms with E-state index in [0.29, 0.717) is 17.5 Å². The van der Waals surface area contributed by atoms with Crippen LogP contribution >= 0.6 is 0 Å². The summed E-state index contributed by atoms with van der Waals surface area (Å²) in [6.45, 7) is 1.72. The van der Waals surface area contributed by atoms with Gasteiger partial charge in [-0.05, 0) is 18.1 Å². The maximum absolute atomic E-state index is 13.3. The number of hydrogen-bond acceptors (Lipinski definition) is 2. The number of benzene rings is 1. The topological polar surface area (TPSA) is 34.1 Å². The van der Waals surface area contributed by atoms with E-state index in [0.717, 1.165) is 0 Å². The lowest BCUT2D eigenvalue weighted by Crippen LogP contribution is -2.19. The molecule has 0 N–H and O–H groups in total. The van der Waals surface area contributed by atoms with E-state index in [4.69, 9.17) is 0 Å². The van der Waals surface area contributed by atoms with Crippen LogP contribution in [0.3, 0.4) is 0 Å². The highest BCUT2D eigenvalue weighted by molar-refractivity contribution is 6.13. The Morgan fingerprint density at radius 1 is 1.53 bits per heavy atom. The van der Waals surface area contributed by atoms with Gasteiger partial charge in [0.2, 0.25) is 0 Å². The third-order valence-corrected chi connectivity index (χ3v) is 2.85. The second kappa shape index (κ2) is 3.57. The van der Waals surface area contributed by atoms with Gasteiger partial charge in [-0.15, -0.1) is 0 Å². The lowest BCUT2D eigenvalue weighted by Gasteiger charge is -2.02. The summed E-state index contributed by atoms with van der Waals surface area (Å²) < 4.78 is 13.3. The van der Waals surface area contributed by atoms with Crippen molar-refractivity contribution in [1.82, 2.24) is 0 Å². The Kier molecular flexibility index (Phi) is 2.39. The molecule has 0 spiro atoms. The molecule has 0 amide bonds. The van der Waals surface area contributed by atoms with E-state index in [1.54, 1.807) is 13.0 Å². The summed E-state index contributed by atoms with van der Waals surface area (Å²) in [5, 5.41) is 0. The van der Waals surface area contributed by atoms with E-state index in [1.165, 1.54) is 12.1 Å². The standard InChI is InChI=1S/C12H11FO2/c1-2-11(14)9-6-8-7(12(9)15)4-3-5-10(8)13/h3-5,9H,2,6H2,1H3. The Balaban J connectivity index is 2.41. The molecule has 1 aliphatic carbocycles. The molecule has 0 radical (unpaired) electrons. The van der Waals surface area contributed by atoms with Crippen LogP contribution in [0.5, 0.6) is 0 Å². The van der Waals surface area contributed by atoms with Gasteiger partial charge in [-0.2, -0.15) is 0 Å². The largest absolute Gasteiger partial charge is 0.299 e. The van der Waals surface area contributed by atoms with Crippen LogP contribution in [0.2, 0.25) is 0 Å². The van der Waals surface area contributed by atoms with Crippen LogP contribution < -0.4 is 0 Å². The van der Waals surface area contributed by atoms with Crippen LogP contribution in [0.25, 0.3) is 0 Å². The molecule has 0 saturated heterocycles. The minimum Gasteiger partial charge on any atom is -0.299 e. The molecule has 0 aromatic heterocycles. The highest BCUT2D eigenvalue weighted by Crippen LogP contribution is 2.29. The summed E-state index contributed by atoms with van der Waals surface area (Å²) in [6.07, 6.45) is 0.555. The van der Waals surface area contributed by atoms with Crippen molar-refractivity contribution in [1.29, 1.82) is 0 Å². The Labute approximate surface area is 87.1 Å². The SMILES string of the molecule is CCC(=O)C1Cc2c(F)cccc2C1=O. The number of carbonyl (C=O) groups is 2. The summed E-state index contributed by atoms with van der Waals surface area (Å²) in [4.78, 5) is 23.2. The zero-order valence-electron chi connectivity index (χ0n) is 8.42. The molecule has 1 atom stereocenters. The van der Waals surface area contributed by atoms with Gasteiger partial charge < -0.3 is 0 Å². The van der Waals surface area contributed by atoms with Gasteiger partial charge in [-0.3, -0.25) is 9.59 Å². The molecule has 0 saturated carbocycles. The monoisotopic (exact) mass is 206 g/mol. The van der Waals surface area contributed by atoms with Crippen LogP contribution in [0, 0.1) is 11.7 Å². The van der Waals surface area contributed by atoms with Gasteiger partial charge in [0.1, 0.15) is 11.6 Å². The van der Waals surface area contributed by atoms with E-state index in [2.05, 4.69) is 0 Å². The number of carbonyl (C=O) groups excluding carboxylic acids is 2. The van der Waals surface area contributed by atoms with Gasteiger partial charge in [0.05, 0.1) is 5.92 Å². The van der Waals surface area contributed by atoms with Crippen LogP contribution in [-0.4, -0.2) is 11.6 Å². The first-order valence-corrected chi connectivity index (χ1v) is 4.99. The van der Waals surface area contributed by atoms with Crippen molar-refractivity contribution >= 4 is 11.6 Å². The number of fused-ring (bicyclic) bond motifs is 1. The molecule has 2 nitrogen and oxygen atoms in total. The lowest BCUT2D eigenvalue weighted by atomic mass is 9.98.